The molecule has 0 radical (unpaired) electrons. The van der Waals surface area contributed by atoms with E-state index in [9.17, 15) is 10.0 Å². The minimum atomic E-state index is -1.08. The standard InChI is InChI=1S/C11H12N2O3/c1-7(11(14)15)13(16)10-6-8-4-2-3-5-9(8)12-10/h2-7,12,16H,1H3,(H,14,15)/t7-/m0/s1. The molecule has 5 heteroatoms. The van der Waals surface area contributed by atoms with Crippen LogP contribution in [-0.2, 0) is 4.79 Å². The molecule has 0 saturated carbocycles. The number of carboxylic acid groups (broad SMARTS) is 1. The van der Waals surface area contributed by atoms with Gasteiger partial charge in [0, 0.05) is 10.9 Å². The molecule has 84 valence electrons. The van der Waals surface area contributed by atoms with E-state index in [-0.39, 0.29) is 0 Å². The summed E-state index contributed by atoms with van der Waals surface area (Å²) in [5.41, 5.74) is 0.856. The van der Waals surface area contributed by atoms with Gasteiger partial charge in [0.15, 0.2) is 6.04 Å². The molecule has 1 aromatic heterocycles. The largest absolute Gasteiger partial charge is 0.480 e. The first-order valence-corrected chi connectivity index (χ1v) is 4.88. The maximum atomic E-state index is 10.7. The predicted molar refractivity (Wildman–Crippen MR) is 59.7 cm³/mol. The van der Waals surface area contributed by atoms with Crippen LogP contribution in [0.1, 0.15) is 6.92 Å². The van der Waals surface area contributed by atoms with E-state index in [1.54, 1.807) is 6.07 Å². The van der Waals surface area contributed by atoms with Crippen LogP contribution in [0.5, 0.6) is 0 Å². The Morgan fingerprint density at radius 3 is 2.75 bits per heavy atom. The number of nitrogens with one attached hydrogen (secondary N) is 1. The smallest absolute Gasteiger partial charge is 0.328 e. The lowest BCUT2D eigenvalue weighted by Crippen LogP contribution is -2.36. The number of hydrogen-bond acceptors (Lipinski definition) is 3. The van der Waals surface area contributed by atoms with Gasteiger partial charge in [0.05, 0.1) is 0 Å². The van der Waals surface area contributed by atoms with Gasteiger partial charge in [-0.1, -0.05) is 18.2 Å². The summed E-state index contributed by atoms with van der Waals surface area (Å²) in [4.78, 5) is 13.7. The Balaban J connectivity index is 2.36. The van der Waals surface area contributed by atoms with E-state index < -0.39 is 12.0 Å². The third-order valence-corrected chi connectivity index (χ3v) is 2.49. The van der Waals surface area contributed by atoms with E-state index in [0.29, 0.717) is 10.9 Å². The maximum absolute atomic E-state index is 10.7. The number of fused-ring (bicyclic) bond motifs is 1. The fraction of sp³-hybridized carbons (Fsp3) is 0.182. The van der Waals surface area contributed by atoms with Crippen LogP contribution in [0.4, 0.5) is 5.82 Å². The van der Waals surface area contributed by atoms with Gasteiger partial charge in [0.25, 0.3) is 0 Å². The van der Waals surface area contributed by atoms with Crippen LogP contribution in [0.3, 0.4) is 0 Å². The quantitative estimate of drug-likeness (QED) is 0.690. The number of anilines is 1. The van der Waals surface area contributed by atoms with Crippen molar-refractivity contribution in [2.24, 2.45) is 0 Å². The molecule has 2 rings (SSSR count). The van der Waals surface area contributed by atoms with E-state index in [1.165, 1.54) is 6.92 Å². The molecular formula is C11H12N2O3. The summed E-state index contributed by atoms with van der Waals surface area (Å²) in [6, 6.07) is 8.20. The molecule has 0 aliphatic heterocycles. The van der Waals surface area contributed by atoms with Gasteiger partial charge in [-0.05, 0) is 19.1 Å². The van der Waals surface area contributed by atoms with Crippen LogP contribution in [0, 0.1) is 0 Å². The third-order valence-electron chi connectivity index (χ3n) is 2.49. The van der Waals surface area contributed by atoms with Crippen molar-refractivity contribution in [3.05, 3.63) is 30.3 Å². The van der Waals surface area contributed by atoms with E-state index in [2.05, 4.69) is 4.98 Å². The zero-order valence-corrected chi connectivity index (χ0v) is 8.71. The second kappa shape index (κ2) is 3.86. The van der Waals surface area contributed by atoms with Crippen LogP contribution in [-0.4, -0.2) is 27.3 Å². The second-order valence-corrected chi connectivity index (χ2v) is 3.60. The fourth-order valence-corrected chi connectivity index (χ4v) is 1.49. The molecule has 3 N–H and O–H groups in total. The van der Waals surface area contributed by atoms with Gasteiger partial charge in [0.1, 0.15) is 5.82 Å². The molecule has 2 aromatic rings. The number of carboxylic acids is 1. The van der Waals surface area contributed by atoms with Crippen molar-refractivity contribution in [1.29, 1.82) is 0 Å². The summed E-state index contributed by atoms with van der Waals surface area (Å²) in [5, 5.41) is 20.1. The van der Waals surface area contributed by atoms with Crippen molar-refractivity contribution in [3.63, 3.8) is 0 Å². The molecule has 1 heterocycles. The van der Waals surface area contributed by atoms with Gasteiger partial charge in [-0.25, -0.2) is 9.86 Å². The fourth-order valence-electron chi connectivity index (χ4n) is 1.49. The van der Waals surface area contributed by atoms with Crippen LogP contribution < -0.4 is 5.06 Å². The summed E-state index contributed by atoms with van der Waals surface area (Å²) in [6.45, 7) is 1.41. The number of nitrogens with zero attached hydrogens (tertiary/aromatic N) is 1. The number of hydroxylamine groups is 1. The number of aromatic nitrogens is 1. The Hall–Kier alpha value is -2.01. The molecule has 0 unspecified atom stereocenters. The lowest BCUT2D eigenvalue weighted by molar-refractivity contribution is -0.139. The number of aromatic amines is 1. The van der Waals surface area contributed by atoms with E-state index in [1.807, 2.05) is 24.3 Å². The van der Waals surface area contributed by atoms with Crippen molar-refractivity contribution in [1.82, 2.24) is 4.98 Å². The van der Waals surface area contributed by atoms with E-state index in [0.717, 1.165) is 10.9 Å². The molecular weight excluding hydrogens is 208 g/mol. The monoisotopic (exact) mass is 220 g/mol. The van der Waals surface area contributed by atoms with Crippen LogP contribution >= 0.6 is 0 Å². The zero-order valence-electron chi connectivity index (χ0n) is 8.71. The Morgan fingerprint density at radius 1 is 1.44 bits per heavy atom. The number of aliphatic carboxylic acids is 1. The van der Waals surface area contributed by atoms with Gasteiger partial charge < -0.3 is 10.1 Å². The number of benzene rings is 1. The highest BCUT2D eigenvalue weighted by Gasteiger charge is 2.20. The topological polar surface area (TPSA) is 76.6 Å². The number of carbonyl (C=O) groups is 1. The molecule has 0 fully saturated rings. The normalized spacial score (nSPS) is 12.6. The molecule has 0 aliphatic carbocycles. The van der Waals surface area contributed by atoms with Crippen LogP contribution in [0.15, 0.2) is 30.3 Å². The molecule has 0 amide bonds. The molecule has 0 aliphatic rings. The highest BCUT2D eigenvalue weighted by atomic mass is 16.5. The van der Waals surface area contributed by atoms with Crippen molar-refractivity contribution in [3.8, 4) is 0 Å². The van der Waals surface area contributed by atoms with Gasteiger partial charge in [-0.3, -0.25) is 5.21 Å². The summed E-state index contributed by atoms with van der Waals surface area (Å²) in [7, 11) is 0. The van der Waals surface area contributed by atoms with Crippen molar-refractivity contribution in [2.45, 2.75) is 13.0 Å². The van der Waals surface area contributed by atoms with Crippen LogP contribution in [0.2, 0.25) is 0 Å². The first kappa shape index (κ1) is 10.5. The van der Waals surface area contributed by atoms with Gasteiger partial charge >= 0.3 is 5.97 Å². The lowest BCUT2D eigenvalue weighted by Gasteiger charge is -2.18. The van der Waals surface area contributed by atoms with Crippen molar-refractivity contribution in [2.75, 3.05) is 5.06 Å². The average molecular weight is 220 g/mol. The Kier molecular flexibility index (Phi) is 2.54. The molecule has 1 aromatic carbocycles. The van der Waals surface area contributed by atoms with Crippen LogP contribution in [0.25, 0.3) is 10.9 Å². The molecule has 16 heavy (non-hydrogen) atoms. The summed E-state index contributed by atoms with van der Waals surface area (Å²) < 4.78 is 0. The molecule has 0 saturated heterocycles. The average Bonchev–Trinajstić information content (AvgIpc) is 2.70. The van der Waals surface area contributed by atoms with E-state index in [4.69, 9.17) is 5.11 Å². The Bertz CT molecular complexity index is 488. The first-order chi connectivity index (χ1) is 7.59. The number of para-hydroxylation sites is 1. The Labute approximate surface area is 91.9 Å². The SMILES string of the molecule is C[C@@H](C(=O)O)N(O)c1cc2ccccc2[nH]1. The molecule has 1 atom stereocenters. The van der Waals surface area contributed by atoms with Gasteiger partial charge in [-0.15, -0.1) is 0 Å². The van der Waals surface area contributed by atoms with Gasteiger partial charge in [-0.2, -0.15) is 0 Å². The third kappa shape index (κ3) is 1.72. The van der Waals surface area contributed by atoms with Crippen molar-refractivity contribution >= 4 is 22.7 Å². The predicted octanol–water partition coefficient (Wildman–Crippen LogP) is 1.84. The van der Waals surface area contributed by atoms with E-state index >= 15 is 0 Å². The first-order valence-electron chi connectivity index (χ1n) is 4.88. The number of hydrogen-bond donors (Lipinski definition) is 3. The summed E-state index contributed by atoms with van der Waals surface area (Å²) in [6.07, 6.45) is 0. The number of rotatable bonds is 3. The highest BCUT2D eigenvalue weighted by Crippen LogP contribution is 2.21. The highest BCUT2D eigenvalue weighted by molar-refractivity contribution is 5.85. The second-order valence-electron chi connectivity index (χ2n) is 3.60. The molecule has 0 bridgehead atoms. The molecule has 5 nitrogen and oxygen atoms in total. The molecule has 0 spiro atoms. The zero-order chi connectivity index (χ0) is 11.7. The maximum Gasteiger partial charge on any atom is 0.328 e. The van der Waals surface area contributed by atoms with Crippen molar-refractivity contribution < 1.29 is 15.1 Å². The summed E-state index contributed by atoms with van der Waals surface area (Å²) >= 11 is 0. The number of H-pyrrole nitrogens is 1. The summed E-state index contributed by atoms with van der Waals surface area (Å²) in [5.74, 6) is -0.711. The van der Waals surface area contributed by atoms with Gasteiger partial charge in [0.2, 0.25) is 0 Å². The lowest BCUT2D eigenvalue weighted by atomic mass is 10.2. The minimum absolute atomic E-state index is 0.371. The minimum Gasteiger partial charge on any atom is -0.480 e. The Morgan fingerprint density at radius 2 is 2.12 bits per heavy atom.